The van der Waals surface area contributed by atoms with E-state index in [1.165, 1.54) is 5.56 Å². The van der Waals surface area contributed by atoms with Gasteiger partial charge in [0, 0.05) is 18.9 Å². The smallest absolute Gasteiger partial charge is 0.222 e. The maximum Gasteiger partial charge on any atom is 0.222 e. The van der Waals surface area contributed by atoms with Crippen LogP contribution in [0.25, 0.3) is 0 Å². The van der Waals surface area contributed by atoms with Crippen molar-refractivity contribution >= 4 is 5.95 Å². The summed E-state index contributed by atoms with van der Waals surface area (Å²) in [5.74, 6) is 0.663. The van der Waals surface area contributed by atoms with Crippen molar-refractivity contribution in [2.45, 2.75) is 6.54 Å². The first-order valence-electron chi connectivity index (χ1n) is 4.50. The van der Waals surface area contributed by atoms with Crippen LogP contribution in [0.1, 0.15) is 5.56 Å². The zero-order valence-corrected chi connectivity index (χ0v) is 7.72. The average molecular weight is 185 g/mol. The highest BCUT2D eigenvalue weighted by Crippen LogP contribution is 2.01. The van der Waals surface area contributed by atoms with E-state index in [1.54, 1.807) is 18.5 Å². The molecule has 1 heterocycles. The highest BCUT2D eigenvalue weighted by Gasteiger charge is 1.93. The van der Waals surface area contributed by atoms with Gasteiger partial charge in [0.2, 0.25) is 5.95 Å². The number of hydrogen-bond donors (Lipinski definition) is 1. The van der Waals surface area contributed by atoms with Gasteiger partial charge >= 0.3 is 0 Å². The van der Waals surface area contributed by atoms with Crippen LogP contribution in [0.3, 0.4) is 0 Å². The molecule has 3 nitrogen and oxygen atoms in total. The Balaban J connectivity index is 1.96. The van der Waals surface area contributed by atoms with Crippen LogP contribution in [0.4, 0.5) is 5.95 Å². The van der Waals surface area contributed by atoms with E-state index in [2.05, 4.69) is 27.4 Å². The molecule has 0 aliphatic rings. The van der Waals surface area contributed by atoms with Gasteiger partial charge in [-0.25, -0.2) is 9.97 Å². The van der Waals surface area contributed by atoms with Gasteiger partial charge in [-0.3, -0.25) is 0 Å². The molecule has 0 atom stereocenters. The van der Waals surface area contributed by atoms with Crippen molar-refractivity contribution in [2.24, 2.45) is 0 Å². The molecule has 0 bridgehead atoms. The summed E-state index contributed by atoms with van der Waals surface area (Å²) >= 11 is 0. The van der Waals surface area contributed by atoms with E-state index in [1.807, 2.05) is 18.2 Å². The average Bonchev–Trinajstić information content (AvgIpc) is 2.29. The minimum atomic E-state index is 0.663. The molecule has 0 amide bonds. The van der Waals surface area contributed by atoms with Gasteiger partial charge in [-0.1, -0.05) is 30.3 Å². The maximum absolute atomic E-state index is 4.07. The Morgan fingerprint density at radius 2 is 1.64 bits per heavy atom. The quantitative estimate of drug-likeness (QED) is 0.795. The molecule has 0 saturated heterocycles. The summed E-state index contributed by atoms with van der Waals surface area (Å²) < 4.78 is 0. The lowest BCUT2D eigenvalue weighted by molar-refractivity contribution is 1.05. The summed E-state index contributed by atoms with van der Waals surface area (Å²) in [4.78, 5) is 8.14. The Morgan fingerprint density at radius 3 is 2.36 bits per heavy atom. The van der Waals surface area contributed by atoms with Crippen LogP contribution in [0, 0.1) is 0 Å². The Bertz CT molecular complexity index is 333. The summed E-state index contributed by atoms with van der Waals surface area (Å²) in [6.07, 6.45) is 3.45. The van der Waals surface area contributed by atoms with E-state index in [0.717, 1.165) is 6.54 Å². The number of anilines is 1. The Labute approximate surface area is 82.8 Å². The summed E-state index contributed by atoms with van der Waals surface area (Å²) in [6, 6.07) is 12.0. The highest BCUT2D eigenvalue weighted by molar-refractivity contribution is 5.26. The third-order valence-electron chi connectivity index (χ3n) is 1.86. The topological polar surface area (TPSA) is 37.8 Å². The van der Waals surface area contributed by atoms with Crippen molar-refractivity contribution in [3.63, 3.8) is 0 Å². The zero-order valence-electron chi connectivity index (χ0n) is 7.72. The van der Waals surface area contributed by atoms with Gasteiger partial charge in [0.1, 0.15) is 0 Å². The van der Waals surface area contributed by atoms with Gasteiger partial charge < -0.3 is 5.32 Å². The largest absolute Gasteiger partial charge is 0.350 e. The first-order valence-corrected chi connectivity index (χ1v) is 4.50. The molecule has 70 valence electrons. The maximum atomic E-state index is 4.07. The lowest BCUT2D eigenvalue weighted by Gasteiger charge is -2.03. The molecule has 2 rings (SSSR count). The summed E-state index contributed by atoms with van der Waals surface area (Å²) in [5.41, 5.74) is 1.22. The highest BCUT2D eigenvalue weighted by atomic mass is 15.1. The molecule has 0 unspecified atom stereocenters. The second-order valence-electron chi connectivity index (χ2n) is 2.91. The van der Waals surface area contributed by atoms with Crippen LogP contribution in [0.15, 0.2) is 48.8 Å². The molecule has 1 N–H and O–H groups in total. The van der Waals surface area contributed by atoms with Crippen molar-refractivity contribution in [3.8, 4) is 0 Å². The fourth-order valence-corrected chi connectivity index (χ4v) is 1.17. The van der Waals surface area contributed by atoms with E-state index in [-0.39, 0.29) is 0 Å². The van der Waals surface area contributed by atoms with Crippen LogP contribution in [-0.4, -0.2) is 9.97 Å². The van der Waals surface area contributed by atoms with E-state index >= 15 is 0 Å². The minimum absolute atomic E-state index is 0.663. The second kappa shape index (κ2) is 4.37. The van der Waals surface area contributed by atoms with Crippen LogP contribution in [0.5, 0.6) is 0 Å². The van der Waals surface area contributed by atoms with E-state index < -0.39 is 0 Å². The molecule has 0 saturated carbocycles. The van der Waals surface area contributed by atoms with E-state index in [0.29, 0.717) is 5.95 Å². The number of nitrogens with one attached hydrogen (secondary N) is 1. The molecular formula is C11H11N3. The number of benzene rings is 1. The fourth-order valence-electron chi connectivity index (χ4n) is 1.17. The third kappa shape index (κ3) is 2.29. The monoisotopic (exact) mass is 185 g/mol. The standard InChI is InChI=1S/C11H11N3/c1-2-5-10(6-3-1)9-14-11-12-7-4-8-13-11/h1-8H,9H2,(H,12,13,14). The second-order valence-corrected chi connectivity index (χ2v) is 2.91. The summed E-state index contributed by atoms with van der Waals surface area (Å²) in [6.45, 7) is 0.755. The van der Waals surface area contributed by atoms with Crippen LogP contribution in [0.2, 0.25) is 0 Å². The van der Waals surface area contributed by atoms with E-state index in [9.17, 15) is 0 Å². The Hall–Kier alpha value is -1.90. The van der Waals surface area contributed by atoms with Gasteiger partial charge in [-0.05, 0) is 11.6 Å². The molecule has 0 radical (unpaired) electrons. The Morgan fingerprint density at radius 1 is 0.929 bits per heavy atom. The zero-order chi connectivity index (χ0) is 9.64. The van der Waals surface area contributed by atoms with E-state index in [4.69, 9.17) is 0 Å². The SMILES string of the molecule is c1ccc(CNc2ncccn2)cc1. The molecular weight excluding hydrogens is 174 g/mol. The molecule has 0 aliphatic heterocycles. The lowest BCUT2D eigenvalue weighted by atomic mass is 10.2. The van der Waals surface area contributed by atoms with Gasteiger partial charge in [-0.15, -0.1) is 0 Å². The Kier molecular flexibility index (Phi) is 2.71. The summed E-state index contributed by atoms with van der Waals surface area (Å²) in [7, 11) is 0. The van der Waals surface area contributed by atoms with Crippen molar-refractivity contribution in [2.75, 3.05) is 5.32 Å². The van der Waals surface area contributed by atoms with Gasteiger partial charge in [-0.2, -0.15) is 0 Å². The number of nitrogens with zero attached hydrogens (tertiary/aromatic N) is 2. The van der Waals surface area contributed by atoms with Crippen LogP contribution < -0.4 is 5.32 Å². The van der Waals surface area contributed by atoms with Crippen molar-refractivity contribution < 1.29 is 0 Å². The van der Waals surface area contributed by atoms with Crippen molar-refractivity contribution in [1.82, 2.24) is 9.97 Å². The third-order valence-corrected chi connectivity index (χ3v) is 1.86. The normalized spacial score (nSPS) is 9.71. The predicted octanol–water partition coefficient (Wildman–Crippen LogP) is 2.09. The molecule has 3 heteroatoms. The lowest BCUT2D eigenvalue weighted by Crippen LogP contribution is -2.02. The van der Waals surface area contributed by atoms with Crippen molar-refractivity contribution in [3.05, 3.63) is 54.4 Å². The summed E-state index contributed by atoms with van der Waals surface area (Å²) in [5, 5.41) is 3.14. The first kappa shape index (κ1) is 8.69. The molecule has 0 spiro atoms. The molecule has 0 fully saturated rings. The number of hydrogen-bond acceptors (Lipinski definition) is 3. The first-order chi connectivity index (χ1) is 6.95. The molecule has 1 aromatic carbocycles. The molecule has 0 aliphatic carbocycles. The minimum Gasteiger partial charge on any atom is -0.350 e. The van der Waals surface area contributed by atoms with Crippen LogP contribution in [-0.2, 0) is 6.54 Å². The van der Waals surface area contributed by atoms with Gasteiger partial charge in [0.15, 0.2) is 0 Å². The fraction of sp³-hybridized carbons (Fsp3) is 0.0909. The van der Waals surface area contributed by atoms with Gasteiger partial charge in [0.05, 0.1) is 0 Å². The predicted molar refractivity (Wildman–Crippen MR) is 55.8 cm³/mol. The van der Waals surface area contributed by atoms with Gasteiger partial charge in [0.25, 0.3) is 0 Å². The molecule has 14 heavy (non-hydrogen) atoms. The molecule has 2 aromatic rings. The van der Waals surface area contributed by atoms with Crippen molar-refractivity contribution in [1.29, 1.82) is 0 Å². The van der Waals surface area contributed by atoms with Crippen LogP contribution >= 0.6 is 0 Å². The number of aromatic nitrogens is 2. The number of rotatable bonds is 3. The molecule has 1 aromatic heterocycles.